The van der Waals surface area contributed by atoms with Crippen LogP contribution in [0.3, 0.4) is 0 Å². The zero-order chi connectivity index (χ0) is 18.0. The van der Waals surface area contributed by atoms with E-state index in [1.54, 1.807) is 0 Å². The van der Waals surface area contributed by atoms with Gasteiger partial charge in [0.15, 0.2) is 0 Å². The lowest BCUT2D eigenvalue weighted by Crippen LogP contribution is -2.38. The van der Waals surface area contributed by atoms with Crippen LogP contribution in [0.15, 0.2) is 22.0 Å². The van der Waals surface area contributed by atoms with Gasteiger partial charge in [-0.05, 0) is 19.8 Å². The topological polar surface area (TPSA) is 90.9 Å². The summed E-state index contributed by atoms with van der Waals surface area (Å²) in [4.78, 5) is 36.3. The molecule has 0 aliphatic rings. The highest BCUT2D eigenvalue weighted by atomic mass is 16.2. The number of aryl methyl sites for hydroxylation is 1. The van der Waals surface area contributed by atoms with E-state index in [0.717, 1.165) is 23.1 Å². The third-order valence-corrected chi connectivity index (χ3v) is 4.27. The molecular formula is C16H23N5O3. The molecule has 0 saturated heterocycles. The lowest BCUT2D eigenvalue weighted by molar-refractivity contribution is 0.102. The summed E-state index contributed by atoms with van der Waals surface area (Å²) in [5, 5.41) is 6.89. The lowest BCUT2D eigenvalue weighted by atomic mass is 10.1. The molecule has 2 aromatic rings. The first-order chi connectivity index (χ1) is 11.3. The fourth-order valence-electron chi connectivity index (χ4n) is 2.73. The molecule has 0 unspecified atom stereocenters. The number of nitrogens with zero attached hydrogens (tertiary/aromatic N) is 4. The van der Waals surface area contributed by atoms with Crippen molar-refractivity contribution in [3.05, 3.63) is 44.5 Å². The molecule has 0 saturated carbocycles. The maximum Gasteiger partial charge on any atom is 0.330 e. The number of nitrogens with one attached hydrogen (secondary N) is 1. The first-order valence-electron chi connectivity index (χ1n) is 7.93. The molecule has 1 N–H and O–H groups in total. The fraction of sp³-hybridized carbons (Fsp3) is 0.500. The number of hydrogen-bond acceptors (Lipinski definition) is 4. The van der Waals surface area contributed by atoms with E-state index in [-0.39, 0.29) is 11.7 Å². The molecule has 0 spiro atoms. The van der Waals surface area contributed by atoms with Crippen LogP contribution in [0.1, 0.15) is 48.8 Å². The number of carbonyl (C=O) groups excluding carboxylic acids is 1. The quantitative estimate of drug-likeness (QED) is 0.890. The highest BCUT2D eigenvalue weighted by Crippen LogP contribution is 2.19. The second kappa shape index (κ2) is 6.86. The molecule has 24 heavy (non-hydrogen) atoms. The summed E-state index contributed by atoms with van der Waals surface area (Å²) in [7, 11) is 2.89. The Morgan fingerprint density at radius 2 is 1.88 bits per heavy atom. The Kier molecular flexibility index (Phi) is 5.06. The Hall–Kier alpha value is -2.64. The summed E-state index contributed by atoms with van der Waals surface area (Å²) in [6.45, 7) is 5.98. The monoisotopic (exact) mass is 333 g/mol. The van der Waals surface area contributed by atoms with Crippen LogP contribution in [0.4, 0.5) is 5.69 Å². The highest BCUT2D eigenvalue weighted by molar-refractivity contribution is 6.04. The van der Waals surface area contributed by atoms with Crippen molar-refractivity contribution < 1.29 is 4.79 Å². The van der Waals surface area contributed by atoms with E-state index < -0.39 is 17.2 Å². The van der Waals surface area contributed by atoms with Crippen molar-refractivity contribution in [2.24, 2.45) is 14.1 Å². The van der Waals surface area contributed by atoms with E-state index in [4.69, 9.17) is 0 Å². The second-order valence-corrected chi connectivity index (χ2v) is 5.81. The maximum absolute atomic E-state index is 12.5. The molecule has 1 amide bonds. The van der Waals surface area contributed by atoms with Gasteiger partial charge < -0.3 is 9.88 Å². The minimum Gasteiger partial charge on any atom is -0.316 e. The highest BCUT2D eigenvalue weighted by Gasteiger charge is 2.19. The number of hydrogen-bond donors (Lipinski definition) is 1. The van der Waals surface area contributed by atoms with Crippen LogP contribution >= 0.6 is 0 Å². The molecule has 0 aliphatic heterocycles. The summed E-state index contributed by atoms with van der Waals surface area (Å²) in [6.07, 6.45) is 4.67. The van der Waals surface area contributed by atoms with Crippen LogP contribution in [-0.2, 0) is 14.1 Å². The summed E-state index contributed by atoms with van der Waals surface area (Å²) in [5.41, 5.74) is 0.229. The predicted molar refractivity (Wildman–Crippen MR) is 91.5 cm³/mol. The van der Waals surface area contributed by atoms with Crippen molar-refractivity contribution in [2.75, 3.05) is 5.32 Å². The van der Waals surface area contributed by atoms with Crippen LogP contribution in [0.25, 0.3) is 0 Å². The molecule has 0 bridgehead atoms. The molecule has 0 radical (unpaired) electrons. The van der Waals surface area contributed by atoms with E-state index >= 15 is 0 Å². The van der Waals surface area contributed by atoms with Crippen LogP contribution in [0, 0.1) is 6.92 Å². The first kappa shape index (κ1) is 17.7. The van der Waals surface area contributed by atoms with Gasteiger partial charge in [-0.3, -0.25) is 18.8 Å². The number of amides is 1. The van der Waals surface area contributed by atoms with Crippen LogP contribution in [0.2, 0.25) is 0 Å². The average Bonchev–Trinajstić information content (AvgIpc) is 2.93. The molecule has 2 aromatic heterocycles. The molecule has 8 heteroatoms. The van der Waals surface area contributed by atoms with E-state index in [1.807, 2.05) is 11.6 Å². The van der Waals surface area contributed by atoms with Crippen molar-refractivity contribution in [2.45, 2.75) is 39.7 Å². The van der Waals surface area contributed by atoms with Gasteiger partial charge in [-0.15, -0.1) is 0 Å². The van der Waals surface area contributed by atoms with E-state index in [1.165, 1.54) is 31.1 Å². The molecule has 0 atom stereocenters. The zero-order valence-corrected chi connectivity index (χ0v) is 14.7. The molecular weight excluding hydrogens is 310 g/mol. The average molecular weight is 333 g/mol. The van der Waals surface area contributed by atoms with Gasteiger partial charge in [0.25, 0.3) is 11.5 Å². The van der Waals surface area contributed by atoms with E-state index in [2.05, 4.69) is 24.3 Å². The summed E-state index contributed by atoms with van der Waals surface area (Å²) >= 11 is 0. The standard InChI is InChI=1S/C16H23N5O3/c1-6-11(7-2)21-10(3)12(8-17-21)14(22)18-13-9-19(4)16(24)20(5)15(13)23/h8-9,11H,6-7H2,1-5H3,(H,18,22). The van der Waals surface area contributed by atoms with Gasteiger partial charge >= 0.3 is 5.69 Å². The second-order valence-electron chi connectivity index (χ2n) is 5.81. The van der Waals surface area contributed by atoms with Gasteiger partial charge in [0.1, 0.15) is 5.69 Å². The minimum atomic E-state index is -0.545. The van der Waals surface area contributed by atoms with Crippen LogP contribution in [-0.4, -0.2) is 24.8 Å². The van der Waals surface area contributed by atoms with Crippen LogP contribution in [0.5, 0.6) is 0 Å². The fourth-order valence-corrected chi connectivity index (χ4v) is 2.73. The van der Waals surface area contributed by atoms with Gasteiger partial charge in [0.2, 0.25) is 0 Å². The van der Waals surface area contributed by atoms with Crippen molar-refractivity contribution in [3.63, 3.8) is 0 Å². The lowest BCUT2D eigenvalue weighted by Gasteiger charge is -2.15. The third kappa shape index (κ3) is 3.04. The molecule has 8 nitrogen and oxygen atoms in total. The normalized spacial score (nSPS) is 11.1. The Labute approximate surface area is 139 Å². The predicted octanol–water partition coefficient (Wildman–Crippen LogP) is 1.20. The Morgan fingerprint density at radius 3 is 2.46 bits per heavy atom. The van der Waals surface area contributed by atoms with Gasteiger partial charge in [-0.25, -0.2) is 4.79 Å². The van der Waals surface area contributed by atoms with Gasteiger partial charge in [0, 0.05) is 26.0 Å². The first-order valence-corrected chi connectivity index (χ1v) is 7.93. The number of aromatic nitrogens is 4. The molecule has 2 rings (SSSR count). The number of anilines is 1. The molecule has 130 valence electrons. The van der Waals surface area contributed by atoms with E-state index in [9.17, 15) is 14.4 Å². The van der Waals surface area contributed by atoms with Gasteiger partial charge in [-0.1, -0.05) is 13.8 Å². The number of carbonyl (C=O) groups is 1. The molecule has 0 fully saturated rings. The Balaban J connectivity index is 2.36. The smallest absolute Gasteiger partial charge is 0.316 e. The minimum absolute atomic E-state index is 0.0549. The summed E-state index contributed by atoms with van der Waals surface area (Å²) in [6, 6.07) is 0.233. The van der Waals surface area contributed by atoms with Crippen molar-refractivity contribution in [1.82, 2.24) is 18.9 Å². The van der Waals surface area contributed by atoms with Gasteiger partial charge in [-0.2, -0.15) is 5.10 Å². The summed E-state index contributed by atoms with van der Waals surface area (Å²) in [5.74, 6) is -0.416. The molecule has 0 aromatic carbocycles. The zero-order valence-electron chi connectivity index (χ0n) is 14.7. The molecule has 2 heterocycles. The Morgan fingerprint density at radius 1 is 1.25 bits per heavy atom. The van der Waals surface area contributed by atoms with Gasteiger partial charge in [0.05, 0.1) is 17.8 Å². The van der Waals surface area contributed by atoms with Crippen LogP contribution < -0.4 is 16.6 Å². The van der Waals surface area contributed by atoms with E-state index in [0.29, 0.717) is 5.56 Å². The SMILES string of the molecule is CCC(CC)n1ncc(C(=O)Nc2cn(C)c(=O)n(C)c2=O)c1C. The number of rotatable bonds is 5. The van der Waals surface area contributed by atoms with Crippen molar-refractivity contribution in [3.8, 4) is 0 Å². The Bertz CT molecular complexity index is 871. The van der Waals surface area contributed by atoms with Crippen molar-refractivity contribution in [1.29, 1.82) is 0 Å². The molecule has 0 aliphatic carbocycles. The van der Waals surface area contributed by atoms with Crippen molar-refractivity contribution >= 4 is 11.6 Å². The largest absolute Gasteiger partial charge is 0.330 e. The summed E-state index contributed by atoms with van der Waals surface area (Å²) < 4.78 is 4.04. The maximum atomic E-state index is 12.5. The third-order valence-electron chi connectivity index (χ3n) is 4.27.